The van der Waals surface area contributed by atoms with Gasteiger partial charge in [0.2, 0.25) is 0 Å². The zero-order valence-corrected chi connectivity index (χ0v) is 15.5. The Morgan fingerprint density at radius 3 is 2.84 bits per heavy atom. The molecule has 2 heterocycles. The lowest BCUT2D eigenvalue weighted by Crippen LogP contribution is -2.36. The molecular formula is C21H30N2O2. The van der Waals surface area contributed by atoms with Crippen molar-refractivity contribution in [2.45, 2.75) is 32.6 Å². The molecule has 0 bridgehead atoms. The van der Waals surface area contributed by atoms with E-state index in [2.05, 4.69) is 28.9 Å². The van der Waals surface area contributed by atoms with E-state index in [1.165, 1.54) is 19.4 Å². The summed E-state index contributed by atoms with van der Waals surface area (Å²) in [4.78, 5) is 17.3. The van der Waals surface area contributed by atoms with Gasteiger partial charge in [-0.3, -0.25) is 0 Å². The average molecular weight is 342 g/mol. The summed E-state index contributed by atoms with van der Waals surface area (Å²) in [5, 5.41) is 0. The van der Waals surface area contributed by atoms with Crippen molar-refractivity contribution < 1.29 is 9.53 Å². The summed E-state index contributed by atoms with van der Waals surface area (Å²) < 4.78 is 5.69. The Morgan fingerprint density at radius 1 is 1.28 bits per heavy atom. The van der Waals surface area contributed by atoms with E-state index in [-0.39, 0.29) is 5.97 Å². The first-order chi connectivity index (χ1) is 12.2. The van der Waals surface area contributed by atoms with Crippen LogP contribution < -0.4 is 4.90 Å². The lowest BCUT2D eigenvalue weighted by Gasteiger charge is -2.31. The first-order valence-corrected chi connectivity index (χ1v) is 9.59. The molecule has 0 amide bonds. The fraction of sp³-hybridized carbons (Fsp3) is 0.571. The van der Waals surface area contributed by atoms with Gasteiger partial charge >= 0.3 is 5.97 Å². The highest BCUT2D eigenvalue weighted by molar-refractivity contribution is 5.98. The highest BCUT2D eigenvalue weighted by atomic mass is 16.5. The fourth-order valence-corrected chi connectivity index (χ4v) is 3.75. The molecule has 0 atom stereocenters. The molecule has 0 aromatic heterocycles. The summed E-state index contributed by atoms with van der Waals surface area (Å²) in [7, 11) is 2.02. The van der Waals surface area contributed by atoms with Crippen LogP contribution in [-0.2, 0) is 4.74 Å². The highest BCUT2D eigenvalue weighted by Gasteiger charge is 2.23. The van der Waals surface area contributed by atoms with Crippen LogP contribution in [0.25, 0.3) is 6.08 Å². The molecule has 1 saturated heterocycles. The van der Waals surface area contributed by atoms with Gasteiger partial charge in [0.25, 0.3) is 0 Å². The number of hydrogen-bond donors (Lipinski definition) is 0. The third-order valence-electron chi connectivity index (χ3n) is 5.33. The molecule has 1 fully saturated rings. The number of ether oxygens (including phenoxy) is 1. The molecular weight excluding hydrogens is 312 g/mol. The van der Waals surface area contributed by atoms with Gasteiger partial charge in [-0.25, -0.2) is 4.79 Å². The van der Waals surface area contributed by atoms with Gasteiger partial charge in [0.05, 0.1) is 17.9 Å². The van der Waals surface area contributed by atoms with Crippen LogP contribution in [0.1, 0.15) is 48.5 Å². The number of piperidine rings is 1. The Labute approximate surface area is 151 Å². The number of carbonyl (C=O) groups is 1. The Balaban J connectivity index is 1.54. The van der Waals surface area contributed by atoms with Crippen LogP contribution in [0.15, 0.2) is 24.3 Å². The zero-order valence-electron chi connectivity index (χ0n) is 15.5. The van der Waals surface area contributed by atoms with E-state index in [1.807, 2.05) is 25.2 Å². The van der Waals surface area contributed by atoms with Gasteiger partial charge in [0.15, 0.2) is 0 Å². The molecule has 0 N–H and O–H groups in total. The fourth-order valence-electron chi connectivity index (χ4n) is 3.75. The van der Waals surface area contributed by atoms with Crippen molar-refractivity contribution in [2.75, 3.05) is 44.7 Å². The van der Waals surface area contributed by atoms with Crippen molar-refractivity contribution in [3.05, 3.63) is 35.4 Å². The molecule has 136 valence electrons. The predicted octanol–water partition coefficient (Wildman–Crippen LogP) is 3.82. The van der Waals surface area contributed by atoms with Crippen LogP contribution in [0.4, 0.5) is 5.69 Å². The second-order valence-electron chi connectivity index (χ2n) is 7.26. The maximum Gasteiger partial charge on any atom is 0.340 e. The van der Waals surface area contributed by atoms with E-state index in [0.717, 1.165) is 43.7 Å². The second-order valence-corrected chi connectivity index (χ2v) is 7.26. The van der Waals surface area contributed by atoms with Gasteiger partial charge in [-0.05, 0) is 56.4 Å². The van der Waals surface area contributed by atoms with Gasteiger partial charge in [-0.2, -0.15) is 0 Å². The topological polar surface area (TPSA) is 32.8 Å². The Kier molecular flexibility index (Phi) is 6.14. The molecule has 0 spiro atoms. The van der Waals surface area contributed by atoms with Crippen molar-refractivity contribution in [2.24, 2.45) is 5.92 Å². The van der Waals surface area contributed by atoms with Crippen LogP contribution >= 0.6 is 0 Å². The Morgan fingerprint density at radius 2 is 2.08 bits per heavy atom. The number of hydrogen-bond acceptors (Lipinski definition) is 4. The van der Waals surface area contributed by atoms with E-state index in [0.29, 0.717) is 18.1 Å². The monoisotopic (exact) mass is 342 g/mol. The number of fused-ring (bicyclic) bond motifs is 1. The molecule has 2 aliphatic rings. The number of benzene rings is 1. The average Bonchev–Trinajstić information content (AvgIpc) is 2.65. The summed E-state index contributed by atoms with van der Waals surface area (Å²) in [6, 6.07) is 5.86. The number of carbonyl (C=O) groups excluding carboxylic acids is 1. The lowest BCUT2D eigenvalue weighted by molar-refractivity contribution is 0.0372. The number of nitrogens with zero attached hydrogens (tertiary/aromatic N) is 2. The van der Waals surface area contributed by atoms with Crippen molar-refractivity contribution in [3.63, 3.8) is 0 Å². The van der Waals surface area contributed by atoms with Crippen LogP contribution in [0.3, 0.4) is 0 Å². The molecule has 3 rings (SSSR count). The smallest absolute Gasteiger partial charge is 0.340 e. The molecule has 0 saturated carbocycles. The maximum atomic E-state index is 12.6. The van der Waals surface area contributed by atoms with E-state index in [1.54, 1.807) is 0 Å². The van der Waals surface area contributed by atoms with Crippen molar-refractivity contribution >= 4 is 17.7 Å². The van der Waals surface area contributed by atoms with Gasteiger partial charge in [0.1, 0.15) is 0 Å². The molecule has 4 nitrogen and oxygen atoms in total. The van der Waals surface area contributed by atoms with E-state index >= 15 is 0 Å². The quantitative estimate of drug-likeness (QED) is 0.736. The van der Waals surface area contributed by atoms with Gasteiger partial charge < -0.3 is 14.5 Å². The van der Waals surface area contributed by atoms with Crippen LogP contribution in [-0.4, -0.2) is 50.7 Å². The standard InChI is InChI=1S/C21H30N2O2/c1-3-4-13-23-14-10-17(11-15-23)16-25-21(24)19-9-5-7-18-8-6-12-22(2)20(18)19/h5-9,17H,3-4,10-16H2,1-2H3. The first kappa shape index (κ1) is 18.0. The second kappa shape index (κ2) is 8.52. The Hall–Kier alpha value is -1.81. The minimum Gasteiger partial charge on any atom is -0.462 e. The molecule has 25 heavy (non-hydrogen) atoms. The van der Waals surface area contributed by atoms with Crippen molar-refractivity contribution in [1.29, 1.82) is 0 Å². The van der Waals surface area contributed by atoms with E-state index < -0.39 is 0 Å². The Bertz CT molecular complexity index is 618. The number of esters is 1. The number of unbranched alkanes of at least 4 members (excludes halogenated alkanes) is 1. The number of anilines is 1. The largest absolute Gasteiger partial charge is 0.462 e. The SMILES string of the molecule is CCCCN1CCC(COC(=O)c2cccc3c2N(C)CC=C3)CC1. The summed E-state index contributed by atoms with van der Waals surface area (Å²) in [5.74, 6) is 0.311. The lowest BCUT2D eigenvalue weighted by atomic mass is 9.97. The summed E-state index contributed by atoms with van der Waals surface area (Å²) in [6.45, 7) is 7.09. The highest BCUT2D eigenvalue weighted by Crippen LogP contribution is 2.29. The molecule has 2 aliphatic heterocycles. The van der Waals surface area contributed by atoms with Crippen molar-refractivity contribution in [1.82, 2.24) is 4.90 Å². The number of likely N-dealkylation sites (tertiary alicyclic amines) is 1. The van der Waals surface area contributed by atoms with E-state index in [9.17, 15) is 4.79 Å². The molecule has 0 unspecified atom stereocenters. The molecule has 0 radical (unpaired) electrons. The molecule has 1 aromatic carbocycles. The third kappa shape index (κ3) is 4.43. The zero-order chi connectivity index (χ0) is 17.6. The minimum atomic E-state index is -0.188. The predicted molar refractivity (Wildman–Crippen MR) is 103 cm³/mol. The number of likely N-dealkylation sites (N-methyl/N-ethyl adjacent to an activating group) is 1. The summed E-state index contributed by atoms with van der Waals surface area (Å²) in [5.41, 5.74) is 2.77. The molecule has 1 aromatic rings. The number of rotatable bonds is 6. The van der Waals surface area contributed by atoms with Crippen molar-refractivity contribution in [3.8, 4) is 0 Å². The third-order valence-corrected chi connectivity index (χ3v) is 5.33. The molecule has 0 aliphatic carbocycles. The normalized spacial score (nSPS) is 18.2. The van der Waals surface area contributed by atoms with Gasteiger partial charge in [0, 0.05) is 13.6 Å². The van der Waals surface area contributed by atoms with Gasteiger partial charge in [-0.15, -0.1) is 0 Å². The van der Waals surface area contributed by atoms with Gasteiger partial charge in [-0.1, -0.05) is 37.6 Å². The molecule has 4 heteroatoms. The summed E-state index contributed by atoms with van der Waals surface area (Å²) in [6.07, 6.45) is 8.99. The minimum absolute atomic E-state index is 0.188. The number of para-hydroxylation sites is 1. The van der Waals surface area contributed by atoms with E-state index in [4.69, 9.17) is 4.74 Å². The van der Waals surface area contributed by atoms with Crippen LogP contribution in [0, 0.1) is 5.92 Å². The van der Waals surface area contributed by atoms with Crippen LogP contribution in [0.2, 0.25) is 0 Å². The van der Waals surface area contributed by atoms with Crippen LogP contribution in [0.5, 0.6) is 0 Å². The summed E-state index contributed by atoms with van der Waals surface area (Å²) >= 11 is 0. The first-order valence-electron chi connectivity index (χ1n) is 9.59. The maximum absolute atomic E-state index is 12.6.